The van der Waals surface area contributed by atoms with Gasteiger partial charge >= 0.3 is 0 Å². The van der Waals surface area contributed by atoms with Crippen LogP contribution in [0.15, 0.2) is 216 Å². The van der Waals surface area contributed by atoms with Crippen molar-refractivity contribution in [2.45, 2.75) is 133 Å². The van der Waals surface area contributed by atoms with Gasteiger partial charge in [0.1, 0.15) is 37.1 Å². The van der Waals surface area contributed by atoms with E-state index < -0.39 is 5.41 Å². The lowest BCUT2D eigenvalue weighted by atomic mass is 9.64. The van der Waals surface area contributed by atoms with Crippen LogP contribution in [0.5, 0.6) is 17.2 Å². The molecule has 6 nitrogen and oxygen atoms in total. The highest BCUT2D eigenvalue weighted by atomic mass is 32.2. The zero-order valence-electron chi connectivity index (χ0n) is 56.8. The highest BCUT2D eigenvalue weighted by molar-refractivity contribution is 8.37. The van der Waals surface area contributed by atoms with E-state index in [1.807, 2.05) is 77.0 Å². The molecule has 486 valence electrons. The quantitative estimate of drug-likeness (QED) is 0.0352. The van der Waals surface area contributed by atoms with Crippen LogP contribution in [0.25, 0.3) is 16.5 Å². The molecule has 3 heterocycles. The normalized spacial score (nSPS) is 13.6. The van der Waals surface area contributed by atoms with E-state index in [9.17, 15) is 0 Å². The number of hydrogen-bond acceptors (Lipinski definition) is 10. The third-order valence-electron chi connectivity index (χ3n) is 17.3. The number of nitrogens with zero attached hydrogens (tertiary/aromatic N) is 1. The molecule has 0 radical (unpaired) electrons. The molecule has 0 aliphatic carbocycles. The summed E-state index contributed by atoms with van der Waals surface area (Å²) in [5.74, 6) is 11.2. The van der Waals surface area contributed by atoms with Gasteiger partial charge in [0, 0.05) is 55.5 Å². The van der Waals surface area contributed by atoms with Crippen molar-refractivity contribution in [2.75, 3.05) is 52.0 Å². The Labute approximate surface area is 581 Å². The standard InChI is InChI=1S/C83H89NO5S5/c1-56(2)69-18-15-19-70(57(3)4)77(69)89-50-47-85-46-49-88-73-22-16-20-71-59(17-14-21-72(71)73)26-23-58-24-41-67(42-25-58)84-53-74-75(54-84)93-79(92-74)78-91-55-76(94-78)90-52-51-86-45-48-87-68-43-39-66(40-44-68)83(63-33-27-60(28-34-63)80(5,6)7,64-35-29-61(30-36-64)81(8,9)10)65-37-31-62(32-38-65)82(11,12)13/h14-22,24-25,27-44,53-57H,45-52H2,1-13H3. The number of benzene rings is 8. The van der Waals surface area contributed by atoms with Crippen molar-refractivity contribution >= 4 is 69.6 Å². The summed E-state index contributed by atoms with van der Waals surface area (Å²) < 4.78 is 37.2. The topological polar surface area (TPSA) is 51.1 Å². The number of hydrogen-bond donors (Lipinski definition) is 0. The van der Waals surface area contributed by atoms with Crippen molar-refractivity contribution in [1.29, 1.82) is 0 Å². The summed E-state index contributed by atoms with van der Waals surface area (Å²) in [4.78, 5) is 2.56. The van der Waals surface area contributed by atoms with Crippen LogP contribution in [0.2, 0.25) is 0 Å². The SMILES string of the molecule is CC(C)c1cccc(C(C)C)c1OCCOCCOc1cccc2c(C#Cc3ccc(-n4cc5c(c4)SC(=C4SC=C(SCCOCCOc6ccc(C(c7ccc(C(C)(C)C)cc7)(c7ccc(C(C)(C)C)cc7)c7ccc(C(C)(C)C)cc7)cc6)S4)S5)cc3)cccc12. The predicted molar refractivity (Wildman–Crippen MR) is 404 cm³/mol. The molecule has 0 saturated carbocycles. The summed E-state index contributed by atoms with van der Waals surface area (Å²) in [5, 5.41) is 4.38. The summed E-state index contributed by atoms with van der Waals surface area (Å²) >= 11 is 9.29. The fraction of sp³-hybridized carbons (Fsp3) is 0.325. The molecule has 0 unspecified atom stereocenters. The van der Waals surface area contributed by atoms with E-state index in [1.54, 1.807) is 0 Å². The molecule has 11 heteroatoms. The van der Waals surface area contributed by atoms with Gasteiger partial charge in [-0.25, -0.2) is 0 Å². The molecule has 2 aliphatic heterocycles. The van der Waals surface area contributed by atoms with Gasteiger partial charge < -0.3 is 28.3 Å². The summed E-state index contributed by atoms with van der Waals surface area (Å²) in [5.41, 5.74) is 13.9. The van der Waals surface area contributed by atoms with E-state index in [1.165, 1.54) is 72.6 Å². The van der Waals surface area contributed by atoms with Crippen LogP contribution in [0.1, 0.15) is 163 Å². The molecule has 94 heavy (non-hydrogen) atoms. The third kappa shape index (κ3) is 16.3. The number of fused-ring (bicyclic) bond motifs is 2. The molecule has 0 amide bonds. The first-order valence-corrected chi connectivity index (χ1v) is 37.2. The van der Waals surface area contributed by atoms with Crippen LogP contribution >= 0.6 is 58.8 Å². The molecule has 0 bridgehead atoms. The van der Waals surface area contributed by atoms with Crippen LogP contribution in [0, 0.1) is 11.8 Å². The number of rotatable bonds is 23. The lowest BCUT2D eigenvalue weighted by molar-refractivity contribution is 0.0762. The molecular formula is C83H89NO5S5. The summed E-state index contributed by atoms with van der Waals surface area (Å²) in [7, 11) is 0. The maximum Gasteiger partial charge on any atom is 0.127 e. The van der Waals surface area contributed by atoms with Gasteiger partial charge in [0.2, 0.25) is 0 Å². The summed E-state index contributed by atoms with van der Waals surface area (Å²) in [6.07, 6.45) is 4.50. The smallest absolute Gasteiger partial charge is 0.127 e. The Kier molecular flexibility index (Phi) is 22.1. The number of ether oxygens (including phenoxy) is 5. The molecule has 2 aliphatic rings. The Morgan fingerprint density at radius 3 is 1.44 bits per heavy atom. The van der Waals surface area contributed by atoms with Gasteiger partial charge in [0.05, 0.1) is 44.6 Å². The lowest BCUT2D eigenvalue weighted by Gasteiger charge is -2.38. The van der Waals surface area contributed by atoms with Crippen molar-refractivity contribution in [3.05, 3.63) is 268 Å². The zero-order valence-corrected chi connectivity index (χ0v) is 60.9. The van der Waals surface area contributed by atoms with Crippen LogP contribution in [0.4, 0.5) is 0 Å². The van der Waals surface area contributed by atoms with Gasteiger partial charge in [0.15, 0.2) is 0 Å². The van der Waals surface area contributed by atoms with E-state index in [4.69, 9.17) is 23.7 Å². The molecule has 8 aromatic carbocycles. The Morgan fingerprint density at radius 2 is 0.904 bits per heavy atom. The Balaban J connectivity index is 0.635. The second kappa shape index (κ2) is 30.2. The largest absolute Gasteiger partial charge is 0.491 e. The minimum Gasteiger partial charge on any atom is -0.491 e. The average Bonchev–Trinajstić information content (AvgIpc) is 0.893. The first-order valence-electron chi connectivity index (χ1n) is 32.9. The number of para-hydroxylation sites is 1. The van der Waals surface area contributed by atoms with Gasteiger partial charge in [-0.05, 0) is 132 Å². The van der Waals surface area contributed by atoms with Gasteiger partial charge in [-0.3, -0.25) is 0 Å². The number of aromatic nitrogens is 1. The molecule has 11 rings (SSSR count). The number of thioether (sulfide) groups is 5. The zero-order chi connectivity index (χ0) is 66.2. The molecule has 0 atom stereocenters. The van der Waals surface area contributed by atoms with E-state index in [-0.39, 0.29) is 16.2 Å². The van der Waals surface area contributed by atoms with Gasteiger partial charge in [-0.15, -0.1) is 11.8 Å². The Bertz CT molecular complexity index is 4000. The van der Waals surface area contributed by atoms with Gasteiger partial charge in [-0.1, -0.05) is 276 Å². The highest BCUT2D eigenvalue weighted by Gasteiger charge is 2.39. The van der Waals surface area contributed by atoms with Crippen molar-refractivity contribution < 1.29 is 23.7 Å². The lowest BCUT2D eigenvalue weighted by Crippen LogP contribution is -2.31. The molecule has 1 aromatic heterocycles. The van der Waals surface area contributed by atoms with Crippen LogP contribution < -0.4 is 14.2 Å². The van der Waals surface area contributed by atoms with Crippen molar-refractivity contribution in [3.8, 4) is 34.8 Å². The molecular weight excluding hydrogens is 1250 g/mol. The van der Waals surface area contributed by atoms with E-state index in [0.29, 0.717) is 58.1 Å². The van der Waals surface area contributed by atoms with Gasteiger partial charge in [0.25, 0.3) is 0 Å². The van der Waals surface area contributed by atoms with Crippen molar-refractivity contribution in [3.63, 3.8) is 0 Å². The minimum absolute atomic E-state index is 0.0361. The minimum atomic E-state index is -0.578. The van der Waals surface area contributed by atoms with Crippen molar-refractivity contribution in [1.82, 2.24) is 4.57 Å². The third-order valence-corrected chi connectivity index (χ3v) is 24.0. The Hall–Kier alpha value is -6.59. The monoisotopic (exact) mass is 1340 g/mol. The van der Waals surface area contributed by atoms with Crippen LogP contribution in [0.3, 0.4) is 0 Å². The highest BCUT2D eigenvalue weighted by Crippen LogP contribution is 2.60. The maximum absolute atomic E-state index is 6.35. The molecule has 0 fully saturated rings. The first-order chi connectivity index (χ1) is 45.1. The first kappa shape index (κ1) is 68.8. The molecule has 9 aromatic rings. The fourth-order valence-corrected chi connectivity index (χ4v) is 18.4. The van der Waals surface area contributed by atoms with Crippen LogP contribution in [-0.4, -0.2) is 56.6 Å². The molecule has 0 saturated heterocycles. The Morgan fingerprint density at radius 1 is 0.436 bits per heavy atom. The predicted octanol–water partition coefficient (Wildman–Crippen LogP) is 22.5. The fourth-order valence-electron chi connectivity index (χ4n) is 11.9. The molecule has 0 N–H and O–H groups in total. The summed E-state index contributed by atoms with van der Waals surface area (Å²) in [6.45, 7) is 32.9. The van der Waals surface area contributed by atoms with Crippen LogP contribution in [-0.2, 0) is 31.1 Å². The van der Waals surface area contributed by atoms with E-state index in [0.717, 1.165) is 50.6 Å². The molecule has 0 spiro atoms. The summed E-state index contributed by atoms with van der Waals surface area (Å²) in [6, 6.07) is 64.1. The van der Waals surface area contributed by atoms with E-state index >= 15 is 0 Å². The second-order valence-corrected chi connectivity index (χ2v) is 33.7. The maximum atomic E-state index is 6.35. The second-order valence-electron chi connectivity index (χ2n) is 27.7. The van der Waals surface area contributed by atoms with Crippen molar-refractivity contribution in [2.24, 2.45) is 0 Å². The van der Waals surface area contributed by atoms with Gasteiger partial charge in [-0.2, -0.15) is 0 Å². The van der Waals surface area contributed by atoms with E-state index in [2.05, 4.69) is 282 Å². The average molecular weight is 1340 g/mol.